The molecule has 16 heavy (non-hydrogen) atoms. The molecule has 0 aliphatic carbocycles. The molecule has 0 aliphatic heterocycles. The lowest BCUT2D eigenvalue weighted by Gasteiger charge is -2.13. The number of carbonyl (C=O) groups is 1. The Bertz CT molecular complexity index is 340. The van der Waals surface area contributed by atoms with Gasteiger partial charge in [0.25, 0.3) is 10.2 Å². The predicted molar refractivity (Wildman–Crippen MR) is 47.6 cm³/mol. The normalized spacial score (nSPS) is 14.6. The van der Waals surface area contributed by atoms with Gasteiger partial charge in [0.1, 0.15) is 12.6 Å². The molecule has 0 spiro atoms. The first kappa shape index (κ1) is 15.1. The second-order valence-electron chi connectivity index (χ2n) is 2.80. The quantitative estimate of drug-likeness (QED) is 0.658. The van der Waals surface area contributed by atoms with E-state index in [1.54, 1.807) is 4.72 Å². The molecule has 0 amide bonds. The van der Waals surface area contributed by atoms with Gasteiger partial charge in [0.05, 0.1) is 7.11 Å². The number of hydrogen-bond donors (Lipinski definition) is 2. The van der Waals surface area contributed by atoms with E-state index in [9.17, 15) is 26.4 Å². The Balaban J connectivity index is 4.31. The highest BCUT2D eigenvalue weighted by Crippen LogP contribution is 2.12. The molecule has 1 unspecified atom stereocenters. The minimum atomic E-state index is -4.66. The Labute approximate surface area is 90.3 Å². The zero-order valence-electron chi connectivity index (χ0n) is 8.46. The van der Waals surface area contributed by atoms with Crippen LogP contribution >= 0.6 is 0 Å². The van der Waals surface area contributed by atoms with Crippen molar-refractivity contribution in [1.82, 2.24) is 9.44 Å². The van der Waals surface area contributed by atoms with E-state index >= 15 is 0 Å². The molecule has 0 saturated carbocycles. The third-order valence-corrected chi connectivity index (χ3v) is 2.54. The largest absolute Gasteiger partial charge is 0.468 e. The zero-order valence-corrected chi connectivity index (χ0v) is 9.28. The molecule has 6 nitrogen and oxygen atoms in total. The highest BCUT2D eigenvalue weighted by atomic mass is 32.2. The van der Waals surface area contributed by atoms with Crippen LogP contribution in [-0.4, -0.2) is 40.3 Å². The fraction of sp³-hybridized carbons (Fsp3) is 0.833. The van der Waals surface area contributed by atoms with Crippen LogP contribution in [0.4, 0.5) is 13.2 Å². The van der Waals surface area contributed by atoms with E-state index in [1.807, 2.05) is 0 Å². The summed E-state index contributed by atoms with van der Waals surface area (Å²) in [6.07, 6.45) is -4.66. The molecule has 0 saturated heterocycles. The summed E-state index contributed by atoms with van der Waals surface area (Å²) in [5.41, 5.74) is 0. The molecule has 96 valence electrons. The van der Waals surface area contributed by atoms with Crippen LogP contribution in [-0.2, 0) is 19.7 Å². The fourth-order valence-corrected chi connectivity index (χ4v) is 1.67. The van der Waals surface area contributed by atoms with Crippen molar-refractivity contribution in [3.63, 3.8) is 0 Å². The van der Waals surface area contributed by atoms with Crippen LogP contribution < -0.4 is 9.44 Å². The molecule has 0 fully saturated rings. The molecule has 0 heterocycles. The average Bonchev–Trinajstić information content (AvgIpc) is 2.12. The lowest BCUT2D eigenvalue weighted by molar-refractivity contribution is -0.142. The van der Waals surface area contributed by atoms with Gasteiger partial charge in [0.15, 0.2) is 0 Å². The summed E-state index contributed by atoms with van der Waals surface area (Å²) in [6.45, 7) is -0.575. The second-order valence-corrected chi connectivity index (χ2v) is 4.33. The summed E-state index contributed by atoms with van der Waals surface area (Å²) in [4.78, 5) is 10.8. The minimum Gasteiger partial charge on any atom is -0.468 e. The second kappa shape index (κ2) is 5.46. The molecule has 2 N–H and O–H groups in total. The molecule has 0 aromatic rings. The Hall–Kier alpha value is -0.870. The molecule has 0 radical (unpaired) electrons. The van der Waals surface area contributed by atoms with Gasteiger partial charge in [-0.05, 0) is 6.92 Å². The average molecular weight is 264 g/mol. The summed E-state index contributed by atoms with van der Waals surface area (Å²) in [5, 5.41) is 0. The summed E-state index contributed by atoms with van der Waals surface area (Å²) < 4.78 is 64.2. The number of alkyl halides is 3. The lowest BCUT2D eigenvalue weighted by Crippen LogP contribution is -2.47. The lowest BCUT2D eigenvalue weighted by atomic mass is 10.4. The van der Waals surface area contributed by atoms with Gasteiger partial charge in [0, 0.05) is 0 Å². The van der Waals surface area contributed by atoms with Crippen LogP contribution in [0.2, 0.25) is 0 Å². The van der Waals surface area contributed by atoms with Crippen molar-refractivity contribution in [2.75, 3.05) is 13.7 Å². The summed E-state index contributed by atoms with van der Waals surface area (Å²) >= 11 is 0. The maximum absolute atomic E-state index is 11.7. The summed E-state index contributed by atoms with van der Waals surface area (Å²) in [5.74, 6) is -0.905. The molecular formula is C6H11F3N2O4S. The first-order valence-electron chi connectivity index (χ1n) is 3.99. The maximum Gasteiger partial charge on any atom is 0.402 e. The van der Waals surface area contributed by atoms with Gasteiger partial charge < -0.3 is 4.74 Å². The third kappa shape index (κ3) is 6.58. The highest BCUT2D eigenvalue weighted by molar-refractivity contribution is 7.87. The maximum atomic E-state index is 11.7. The van der Waals surface area contributed by atoms with Crippen molar-refractivity contribution in [1.29, 1.82) is 0 Å². The smallest absolute Gasteiger partial charge is 0.402 e. The molecule has 0 rings (SSSR count). The van der Waals surface area contributed by atoms with Crippen LogP contribution in [0.5, 0.6) is 0 Å². The highest BCUT2D eigenvalue weighted by Gasteiger charge is 2.30. The number of methoxy groups -OCH3 is 1. The van der Waals surface area contributed by atoms with Gasteiger partial charge in [-0.1, -0.05) is 0 Å². The van der Waals surface area contributed by atoms with Gasteiger partial charge in [-0.15, -0.1) is 0 Å². The Morgan fingerprint density at radius 1 is 1.44 bits per heavy atom. The van der Waals surface area contributed by atoms with Crippen molar-refractivity contribution in [3.05, 3.63) is 0 Å². The van der Waals surface area contributed by atoms with Crippen molar-refractivity contribution in [2.45, 2.75) is 19.1 Å². The van der Waals surface area contributed by atoms with Crippen LogP contribution in [0, 0.1) is 0 Å². The number of rotatable bonds is 5. The number of carbonyl (C=O) groups excluding carboxylic acids is 1. The number of esters is 1. The van der Waals surface area contributed by atoms with Gasteiger partial charge in [-0.2, -0.15) is 31.0 Å². The third-order valence-electron chi connectivity index (χ3n) is 1.35. The Morgan fingerprint density at radius 2 is 1.94 bits per heavy atom. The van der Waals surface area contributed by atoms with E-state index in [-0.39, 0.29) is 0 Å². The predicted octanol–water partition coefficient (Wildman–Crippen LogP) is -0.466. The van der Waals surface area contributed by atoms with Gasteiger partial charge in [0.2, 0.25) is 0 Å². The van der Waals surface area contributed by atoms with Gasteiger partial charge in [-0.25, -0.2) is 0 Å². The van der Waals surface area contributed by atoms with Gasteiger partial charge >= 0.3 is 12.1 Å². The Kier molecular flexibility index (Phi) is 5.16. The SMILES string of the molecule is COC(=O)C(C)NS(=O)(=O)NCC(F)(F)F. The van der Waals surface area contributed by atoms with E-state index < -0.39 is 34.9 Å². The Morgan fingerprint density at radius 3 is 2.31 bits per heavy atom. The standard InChI is InChI=1S/C6H11F3N2O4S/c1-4(5(12)15-2)11-16(13,14)10-3-6(7,8)9/h4,10-11H,3H2,1-2H3. The van der Waals surface area contributed by atoms with Crippen LogP contribution in [0.1, 0.15) is 6.92 Å². The number of nitrogens with one attached hydrogen (secondary N) is 2. The van der Waals surface area contributed by atoms with E-state index in [0.29, 0.717) is 0 Å². The molecule has 0 aromatic heterocycles. The van der Waals surface area contributed by atoms with Crippen LogP contribution in [0.3, 0.4) is 0 Å². The van der Waals surface area contributed by atoms with E-state index in [2.05, 4.69) is 4.74 Å². The first-order chi connectivity index (χ1) is 7.07. The van der Waals surface area contributed by atoms with E-state index in [4.69, 9.17) is 0 Å². The first-order valence-corrected chi connectivity index (χ1v) is 5.47. The zero-order chi connectivity index (χ0) is 13.0. The molecule has 0 aliphatic rings. The van der Waals surface area contributed by atoms with Crippen molar-refractivity contribution < 1.29 is 31.1 Å². The van der Waals surface area contributed by atoms with Crippen molar-refractivity contribution in [3.8, 4) is 0 Å². The van der Waals surface area contributed by atoms with Crippen LogP contribution in [0.25, 0.3) is 0 Å². The monoisotopic (exact) mass is 264 g/mol. The molecular weight excluding hydrogens is 253 g/mol. The number of halogens is 3. The number of hydrogen-bond acceptors (Lipinski definition) is 4. The summed E-state index contributed by atoms with van der Waals surface area (Å²) in [6, 6.07) is -1.27. The topological polar surface area (TPSA) is 84.5 Å². The van der Waals surface area contributed by atoms with E-state index in [1.165, 1.54) is 4.72 Å². The molecule has 0 aromatic carbocycles. The van der Waals surface area contributed by atoms with Gasteiger partial charge in [-0.3, -0.25) is 4.79 Å². The fourth-order valence-electron chi connectivity index (χ4n) is 0.676. The molecule has 1 atom stereocenters. The number of ether oxygens (including phenoxy) is 1. The van der Waals surface area contributed by atoms with Crippen molar-refractivity contribution >= 4 is 16.2 Å². The van der Waals surface area contributed by atoms with Crippen molar-refractivity contribution in [2.24, 2.45) is 0 Å². The minimum absolute atomic E-state index is 0.905. The summed E-state index contributed by atoms with van der Waals surface area (Å²) in [7, 11) is -3.37. The molecule has 10 heteroatoms. The van der Waals surface area contributed by atoms with Crippen LogP contribution in [0.15, 0.2) is 0 Å². The van der Waals surface area contributed by atoms with E-state index in [0.717, 1.165) is 14.0 Å². The molecule has 0 bridgehead atoms.